The van der Waals surface area contributed by atoms with Crippen LogP contribution in [0.4, 0.5) is 5.69 Å². The summed E-state index contributed by atoms with van der Waals surface area (Å²) in [5.74, 6) is -0.0272. The van der Waals surface area contributed by atoms with Crippen molar-refractivity contribution in [2.24, 2.45) is 0 Å². The van der Waals surface area contributed by atoms with Gasteiger partial charge in [0.2, 0.25) is 5.91 Å². The number of carbonyl (C=O) groups is 1. The van der Waals surface area contributed by atoms with Crippen molar-refractivity contribution in [1.82, 2.24) is 10.3 Å². The van der Waals surface area contributed by atoms with E-state index in [-0.39, 0.29) is 18.1 Å². The Balaban J connectivity index is 1.96. The lowest BCUT2D eigenvalue weighted by atomic mass is 10.2. The summed E-state index contributed by atoms with van der Waals surface area (Å²) in [4.78, 5) is 16.0. The predicted molar refractivity (Wildman–Crippen MR) is 64.8 cm³/mol. The molecule has 0 aliphatic carbocycles. The van der Waals surface area contributed by atoms with Crippen LogP contribution in [-0.2, 0) is 9.53 Å². The summed E-state index contributed by atoms with van der Waals surface area (Å²) in [6.07, 6.45) is 4.21. The van der Waals surface area contributed by atoms with Crippen molar-refractivity contribution in [2.45, 2.75) is 25.5 Å². The van der Waals surface area contributed by atoms with Crippen molar-refractivity contribution in [3.05, 3.63) is 24.0 Å². The molecule has 0 saturated carbocycles. The highest BCUT2D eigenvalue weighted by Gasteiger charge is 2.29. The number of methoxy groups -OCH3 is 1. The number of anilines is 1. The summed E-state index contributed by atoms with van der Waals surface area (Å²) >= 11 is 0. The molecule has 1 aromatic rings. The molecule has 2 N–H and O–H groups in total. The van der Waals surface area contributed by atoms with E-state index in [1.54, 1.807) is 19.5 Å². The number of ether oxygens (including phenoxy) is 1. The molecule has 1 amide bonds. The molecular weight excluding hydrogens is 218 g/mol. The highest BCUT2D eigenvalue weighted by Crippen LogP contribution is 2.15. The molecule has 1 saturated heterocycles. The van der Waals surface area contributed by atoms with Crippen LogP contribution in [0.15, 0.2) is 18.5 Å². The van der Waals surface area contributed by atoms with E-state index >= 15 is 0 Å². The van der Waals surface area contributed by atoms with Crippen LogP contribution in [0.5, 0.6) is 0 Å². The third-order valence-corrected chi connectivity index (χ3v) is 3.04. The van der Waals surface area contributed by atoms with Crippen molar-refractivity contribution in [3.63, 3.8) is 0 Å². The molecule has 0 spiro atoms. The molecule has 2 atom stereocenters. The molecule has 1 fully saturated rings. The van der Waals surface area contributed by atoms with Crippen molar-refractivity contribution >= 4 is 11.6 Å². The maximum Gasteiger partial charge on any atom is 0.241 e. The SMILES string of the molecule is CO[C@@H]1CN[C@H](C(=O)Nc2cnccc2C)C1. The van der Waals surface area contributed by atoms with Crippen LogP contribution in [0.25, 0.3) is 0 Å². The van der Waals surface area contributed by atoms with Crippen molar-refractivity contribution < 1.29 is 9.53 Å². The van der Waals surface area contributed by atoms with Gasteiger partial charge in [-0.2, -0.15) is 0 Å². The van der Waals surface area contributed by atoms with Crippen LogP contribution in [0.1, 0.15) is 12.0 Å². The van der Waals surface area contributed by atoms with E-state index in [2.05, 4.69) is 15.6 Å². The average Bonchev–Trinajstić information content (AvgIpc) is 2.81. The van der Waals surface area contributed by atoms with Gasteiger partial charge < -0.3 is 15.4 Å². The number of nitrogens with zero attached hydrogens (tertiary/aromatic N) is 1. The first kappa shape index (κ1) is 12.0. The Hall–Kier alpha value is -1.46. The number of aryl methyl sites for hydroxylation is 1. The van der Waals surface area contributed by atoms with Crippen LogP contribution in [0.2, 0.25) is 0 Å². The highest BCUT2D eigenvalue weighted by atomic mass is 16.5. The minimum absolute atomic E-state index is 0.0272. The molecule has 5 nitrogen and oxygen atoms in total. The van der Waals surface area contributed by atoms with Crippen molar-refractivity contribution in [2.75, 3.05) is 19.0 Å². The Kier molecular flexibility index (Phi) is 3.71. The Morgan fingerprint density at radius 2 is 2.47 bits per heavy atom. The second kappa shape index (κ2) is 5.25. The molecule has 0 bridgehead atoms. The van der Waals surface area contributed by atoms with Crippen LogP contribution in [0.3, 0.4) is 0 Å². The lowest BCUT2D eigenvalue weighted by Gasteiger charge is -2.12. The second-order valence-electron chi connectivity index (χ2n) is 4.23. The molecule has 1 aliphatic heterocycles. The Labute approximate surface area is 101 Å². The number of rotatable bonds is 3. The minimum Gasteiger partial charge on any atom is -0.380 e. The summed E-state index contributed by atoms with van der Waals surface area (Å²) in [6.45, 7) is 2.66. The standard InChI is InChI=1S/C12H17N3O2/c1-8-3-4-13-7-11(8)15-12(16)10-5-9(17-2)6-14-10/h3-4,7,9-10,14H,5-6H2,1-2H3,(H,15,16)/t9-,10-/m0/s1. The van der Waals surface area contributed by atoms with Gasteiger partial charge in [-0.1, -0.05) is 0 Å². The number of amides is 1. The summed E-state index contributed by atoms with van der Waals surface area (Å²) in [5, 5.41) is 6.02. The smallest absolute Gasteiger partial charge is 0.241 e. The zero-order chi connectivity index (χ0) is 12.3. The van der Waals surface area contributed by atoms with E-state index in [4.69, 9.17) is 4.74 Å². The molecule has 1 aliphatic rings. The number of aromatic nitrogens is 1. The van der Waals surface area contributed by atoms with Gasteiger partial charge in [0.25, 0.3) is 0 Å². The number of carbonyl (C=O) groups excluding carboxylic acids is 1. The van der Waals surface area contributed by atoms with Crippen molar-refractivity contribution in [3.8, 4) is 0 Å². The molecule has 0 unspecified atom stereocenters. The largest absolute Gasteiger partial charge is 0.380 e. The summed E-state index contributed by atoms with van der Waals surface area (Å²) in [7, 11) is 1.66. The fourth-order valence-corrected chi connectivity index (χ4v) is 1.90. The maximum absolute atomic E-state index is 12.0. The Morgan fingerprint density at radius 1 is 1.65 bits per heavy atom. The molecule has 0 aromatic carbocycles. The lowest BCUT2D eigenvalue weighted by Crippen LogP contribution is -2.35. The van der Waals surface area contributed by atoms with Crippen LogP contribution < -0.4 is 10.6 Å². The van der Waals surface area contributed by atoms with Gasteiger partial charge in [0.15, 0.2) is 0 Å². The Morgan fingerprint density at radius 3 is 3.12 bits per heavy atom. The minimum atomic E-state index is -0.181. The monoisotopic (exact) mass is 235 g/mol. The molecule has 92 valence electrons. The fourth-order valence-electron chi connectivity index (χ4n) is 1.90. The van der Waals surface area contributed by atoms with Crippen LogP contribution >= 0.6 is 0 Å². The summed E-state index contributed by atoms with van der Waals surface area (Å²) < 4.78 is 5.21. The third-order valence-electron chi connectivity index (χ3n) is 3.04. The zero-order valence-electron chi connectivity index (χ0n) is 10.1. The first-order chi connectivity index (χ1) is 8.20. The zero-order valence-corrected chi connectivity index (χ0v) is 10.1. The van der Waals surface area contributed by atoms with Gasteiger partial charge >= 0.3 is 0 Å². The molecule has 2 heterocycles. The predicted octanol–water partition coefficient (Wildman–Crippen LogP) is 0.705. The normalized spacial score (nSPS) is 23.6. The Bertz CT molecular complexity index is 408. The number of nitrogens with one attached hydrogen (secondary N) is 2. The van der Waals surface area contributed by atoms with Gasteiger partial charge in [-0.15, -0.1) is 0 Å². The van der Waals surface area contributed by atoms with Gasteiger partial charge in [-0.3, -0.25) is 9.78 Å². The molecule has 5 heteroatoms. The van der Waals surface area contributed by atoms with Crippen LogP contribution in [-0.4, -0.2) is 36.7 Å². The van der Waals surface area contributed by atoms with Gasteiger partial charge in [-0.25, -0.2) is 0 Å². The molecule has 17 heavy (non-hydrogen) atoms. The van der Waals surface area contributed by atoms with E-state index in [0.29, 0.717) is 6.42 Å². The highest BCUT2D eigenvalue weighted by molar-refractivity contribution is 5.95. The van der Waals surface area contributed by atoms with Gasteiger partial charge in [0.05, 0.1) is 24.0 Å². The van der Waals surface area contributed by atoms with E-state index in [1.807, 2.05) is 13.0 Å². The maximum atomic E-state index is 12.0. The average molecular weight is 235 g/mol. The number of hydrogen-bond acceptors (Lipinski definition) is 4. The van der Waals surface area contributed by atoms with Gasteiger partial charge in [0.1, 0.15) is 0 Å². The fraction of sp³-hybridized carbons (Fsp3) is 0.500. The first-order valence-electron chi connectivity index (χ1n) is 5.68. The quantitative estimate of drug-likeness (QED) is 0.809. The lowest BCUT2D eigenvalue weighted by molar-refractivity contribution is -0.118. The second-order valence-corrected chi connectivity index (χ2v) is 4.23. The van der Waals surface area contributed by atoms with E-state index < -0.39 is 0 Å². The van der Waals surface area contributed by atoms with E-state index in [0.717, 1.165) is 17.8 Å². The van der Waals surface area contributed by atoms with Gasteiger partial charge in [-0.05, 0) is 25.0 Å². The van der Waals surface area contributed by atoms with E-state index in [9.17, 15) is 4.79 Å². The molecule has 0 radical (unpaired) electrons. The van der Waals surface area contributed by atoms with Gasteiger partial charge in [0, 0.05) is 19.9 Å². The summed E-state index contributed by atoms with van der Waals surface area (Å²) in [5.41, 5.74) is 1.77. The topological polar surface area (TPSA) is 63.2 Å². The molecule has 2 rings (SSSR count). The molecular formula is C12H17N3O2. The first-order valence-corrected chi connectivity index (χ1v) is 5.68. The van der Waals surface area contributed by atoms with Crippen molar-refractivity contribution in [1.29, 1.82) is 0 Å². The number of pyridine rings is 1. The molecule has 1 aromatic heterocycles. The number of hydrogen-bond donors (Lipinski definition) is 2. The van der Waals surface area contributed by atoms with E-state index in [1.165, 1.54) is 0 Å². The third kappa shape index (κ3) is 2.81. The summed E-state index contributed by atoms with van der Waals surface area (Å²) in [6, 6.07) is 1.69. The van der Waals surface area contributed by atoms with Crippen LogP contribution in [0, 0.1) is 6.92 Å².